The number of ether oxygens (including phenoxy) is 2. The molecule has 122 valence electrons. The minimum absolute atomic E-state index is 0.288. The second kappa shape index (κ2) is 6.44. The summed E-state index contributed by atoms with van der Waals surface area (Å²) in [5.41, 5.74) is 0. The third kappa shape index (κ3) is 3.06. The number of hydrogen-bond acceptors (Lipinski definition) is 4. The van der Waals surface area contributed by atoms with E-state index in [1.807, 2.05) is 0 Å². The van der Waals surface area contributed by atoms with Gasteiger partial charge in [-0.05, 0) is 18.6 Å². The number of nitrogens with zero attached hydrogens (tertiary/aromatic N) is 1. The van der Waals surface area contributed by atoms with Gasteiger partial charge in [-0.3, -0.25) is 0 Å². The van der Waals surface area contributed by atoms with Crippen LogP contribution in [0.25, 0.3) is 0 Å². The molecule has 2 heterocycles. The Bertz CT molecular complexity index is 624. The van der Waals surface area contributed by atoms with Gasteiger partial charge < -0.3 is 14.4 Å². The number of quaternary nitrogens is 1. The van der Waals surface area contributed by atoms with E-state index in [4.69, 9.17) is 9.47 Å². The van der Waals surface area contributed by atoms with Crippen LogP contribution in [0.4, 0.5) is 0 Å². The highest BCUT2D eigenvalue weighted by molar-refractivity contribution is 7.89. The van der Waals surface area contributed by atoms with Gasteiger partial charge in [-0.25, -0.2) is 8.42 Å². The van der Waals surface area contributed by atoms with Gasteiger partial charge in [0, 0.05) is 6.07 Å². The number of benzene rings is 1. The molecular formula is C15H23N2O4S+. The molecular weight excluding hydrogens is 304 g/mol. The Morgan fingerprint density at radius 2 is 1.82 bits per heavy atom. The van der Waals surface area contributed by atoms with Crippen LogP contribution in [-0.4, -0.2) is 58.7 Å². The van der Waals surface area contributed by atoms with Crippen LogP contribution in [0.5, 0.6) is 11.5 Å². The molecule has 1 saturated heterocycles. The second-order valence-electron chi connectivity index (χ2n) is 5.71. The van der Waals surface area contributed by atoms with E-state index in [0.29, 0.717) is 37.8 Å². The summed E-state index contributed by atoms with van der Waals surface area (Å²) in [6.07, 6.45) is 1.13. The molecule has 1 aromatic rings. The third-order valence-corrected chi connectivity index (χ3v) is 6.08. The van der Waals surface area contributed by atoms with E-state index in [1.165, 1.54) is 4.90 Å². The van der Waals surface area contributed by atoms with Crippen LogP contribution >= 0.6 is 0 Å². The van der Waals surface area contributed by atoms with Crippen molar-refractivity contribution in [2.24, 2.45) is 0 Å². The van der Waals surface area contributed by atoms with Gasteiger partial charge in [-0.1, -0.05) is 6.92 Å². The molecule has 6 nitrogen and oxygen atoms in total. The summed E-state index contributed by atoms with van der Waals surface area (Å²) in [6.45, 7) is 7.12. The predicted octanol–water partition coefficient (Wildman–Crippen LogP) is -0.243. The van der Waals surface area contributed by atoms with Gasteiger partial charge in [0.25, 0.3) is 0 Å². The highest BCUT2D eigenvalue weighted by atomic mass is 32.2. The number of piperazine rings is 1. The first-order chi connectivity index (χ1) is 10.6. The fourth-order valence-corrected chi connectivity index (χ4v) is 4.44. The van der Waals surface area contributed by atoms with Gasteiger partial charge in [0.1, 0.15) is 13.2 Å². The Morgan fingerprint density at radius 1 is 1.14 bits per heavy atom. The molecule has 0 amide bonds. The molecule has 0 bridgehead atoms. The standard InChI is InChI=1S/C15H22N2O4S/c1-2-5-16-6-8-17(9-7-16)22(18,19)13-3-4-14-15(12-13)21-11-10-20-14/h3-4,12H,2,5-11H2,1H3/p+1. The zero-order chi connectivity index (χ0) is 15.6. The van der Waals surface area contributed by atoms with Crippen molar-refractivity contribution >= 4 is 10.0 Å². The molecule has 0 atom stereocenters. The van der Waals surface area contributed by atoms with Crippen molar-refractivity contribution in [3.8, 4) is 11.5 Å². The molecule has 1 aromatic carbocycles. The van der Waals surface area contributed by atoms with Crippen molar-refractivity contribution in [3.05, 3.63) is 18.2 Å². The van der Waals surface area contributed by atoms with Gasteiger partial charge >= 0.3 is 0 Å². The normalized spacial score (nSPS) is 20.0. The highest BCUT2D eigenvalue weighted by Gasteiger charge is 2.31. The molecule has 0 unspecified atom stereocenters. The maximum atomic E-state index is 12.8. The number of hydrogen-bond donors (Lipinski definition) is 1. The summed E-state index contributed by atoms with van der Waals surface area (Å²) in [5.74, 6) is 1.13. The van der Waals surface area contributed by atoms with Gasteiger partial charge in [-0.15, -0.1) is 0 Å². The van der Waals surface area contributed by atoms with Crippen molar-refractivity contribution in [2.45, 2.75) is 18.2 Å². The highest BCUT2D eigenvalue weighted by Crippen LogP contribution is 2.33. The van der Waals surface area contributed by atoms with E-state index in [1.54, 1.807) is 22.5 Å². The average Bonchev–Trinajstić information content (AvgIpc) is 2.55. The first kappa shape index (κ1) is 15.6. The van der Waals surface area contributed by atoms with Crippen molar-refractivity contribution < 1.29 is 22.8 Å². The maximum Gasteiger partial charge on any atom is 0.243 e. The molecule has 0 radical (unpaired) electrons. The molecule has 2 aliphatic heterocycles. The van der Waals surface area contributed by atoms with Crippen molar-refractivity contribution in [2.75, 3.05) is 45.9 Å². The Kier molecular flexibility index (Phi) is 4.56. The maximum absolute atomic E-state index is 12.8. The SMILES string of the molecule is CCC[NH+]1CCN(S(=O)(=O)c2ccc3c(c2)OCCO3)CC1. The quantitative estimate of drug-likeness (QED) is 0.829. The predicted molar refractivity (Wildman–Crippen MR) is 82.0 cm³/mol. The Labute approximate surface area is 131 Å². The largest absolute Gasteiger partial charge is 0.486 e. The molecule has 22 heavy (non-hydrogen) atoms. The molecule has 3 rings (SSSR count). The number of nitrogens with one attached hydrogen (secondary N) is 1. The summed E-state index contributed by atoms with van der Waals surface area (Å²) in [5, 5.41) is 0. The van der Waals surface area contributed by atoms with Gasteiger partial charge in [-0.2, -0.15) is 4.31 Å². The van der Waals surface area contributed by atoms with Crippen LogP contribution < -0.4 is 14.4 Å². The number of sulfonamides is 1. The lowest BCUT2D eigenvalue weighted by molar-refractivity contribution is -0.903. The van der Waals surface area contributed by atoms with Crippen LogP contribution in [0.15, 0.2) is 23.1 Å². The molecule has 0 spiro atoms. The molecule has 0 aromatic heterocycles. The second-order valence-corrected chi connectivity index (χ2v) is 7.65. The fourth-order valence-electron chi connectivity index (χ4n) is 2.98. The molecule has 2 aliphatic rings. The third-order valence-electron chi connectivity index (χ3n) is 4.18. The average molecular weight is 327 g/mol. The summed E-state index contributed by atoms with van der Waals surface area (Å²) in [6, 6.07) is 4.86. The van der Waals surface area contributed by atoms with Crippen LogP contribution in [0.3, 0.4) is 0 Å². The summed E-state index contributed by atoms with van der Waals surface area (Å²) in [4.78, 5) is 1.77. The lowest BCUT2D eigenvalue weighted by atomic mass is 10.3. The van der Waals surface area contributed by atoms with Crippen LogP contribution in [-0.2, 0) is 10.0 Å². The molecule has 1 N–H and O–H groups in total. The Balaban J connectivity index is 1.76. The molecule has 0 saturated carbocycles. The monoisotopic (exact) mass is 327 g/mol. The number of rotatable bonds is 4. The van der Waals surface area contributed by atoms with Crippen LogP contribution in [0.1, 0.15) is 13.3 Å². The van der Waals surface area contributed by atoms with Crippen molar-refractivity contribution in [1.29, 1.82) is 0 Å². The lowest BCUT2D eigenvalue weighted by Crippen LogP contribution is -3.14. The van der Waals surface area contributed by atoms with E-state index in [0.717, 1.165) is 26.1 Å². The lowest BCUT2D eigenvalue weighted by Gasteiger charge is -2.31. The van der Waals surface area contributed by atoms with E-state index in [9.17, 15) is 8.42 Å². The fraction of sp³-hybridized carbons (Fsp3) is 0.600. The first-order valence-electron chi connectivity index (χ1n) is 7.84. The Hall–Kier alpha value is -1.31. The zero-order valence-electron chi connectivity index (χ0n) is 12.9. The first-order valence-corrected chi connectivity index (χ1v) is 9.28. The van der Waals surface area contributed by atoms with Crippen molar-refractivity contribution in [3.63, 3.8) is 0 Å². The number of fused-ring (bicyclic) bond motifs is 1. The van der Waals surface area contributed by atoms with Crippen LogP contribution in [0, 0.1) is 0 Å². The van der Waals surface area contributed by atoms with E-state index < -0.39 is 10.0 Å². The Morgan fingerprint density at radius 3 is 2.50 bits per heavy atom. The van der Waals surface area contributed by atoms with Gasteiger partial charge in [0.2, 0.25) is 10.0 Å². The van der Waals surface area contributed by atoms with E-state index >= 15 is 0 Å². The molecule has 0 aliphatic carbocycles. The van der Waals surface area contributed by atoms with Gasteiger partial charge in [0.05, 0.1) is 37.6 Å². The van der Waals surface area contributed by atoms with E-state index in [2.05, 4.69) is 6.92 Å². The zero-order valence-corrected chi connectivity index (χ0v) is 13.7. The summed E-state index contributed by atoms with van der Waals surface area (Å²) >= 11 is 0. The molecule has 7 heteroatoms. The minimum Gasteiger partial charge on any atom is -0.486 e. The smallest absolute Gasteiger partial charge is 0.243 e. The van der Waals surface area contributed by atoms with Crippen LogP contribution in [0.2, 0.25) is 0 Å². The van der Waals surface area contributed by atoms with Gasteiger partial charge in [0.15, 0.2) is 11.5 Å². The summed E-state index contributed by atoms with van der Waals surface area (Å²) in [7, 11) is -3.45. The summed E-state index contributed by atoms with van der Waals surface area (Å²) < 4.78 is 38.0. The molecule has 1 fully saturated rings. The topological polar surface area (TPSA) is 60.3 Å². The van der Waals surface area contributed by atoms with E-state index in [-0.39, 0.29) is 4.90 Å². The minimum atomic E-state index is -3.45. The van der Waals surface area contributed by atoms with Crippen molar-refractivity contribution in [1.82, 2.24) is 4.31 Å².